The molecule has 0 aromatic heterocycles. The molecule has 0 aliphatic rings. The van der Waals surface area contributed by atoms with Gasteiger partial charge in [0, 0.05) is 6.42 Å². The fraction of sp³-hybridized carbons (Fsp3) is 0.333. The number of benzene rings is 1. The van der Waals surface area contributed by atoms with Crippen molar-refractivity contribution >= 4 is 57.1 Å². The van der Waals surface area contributed by atoms with Crippen LogP contribution >= 0.6 is 45.2 Å². The average molecular weight is 543 g/mol. The largest absolute Gasteiger partial charge is 0.506 e. The third-order valence-electron chi connectivity index (χ3n) is 2.56. The van der Waals surface area contributed by atoms with E-state index >= 15 is 0 Å². The van der Waals surface area contributed by atoms with Crippen molar-refractivity contribution in [1.29, 1.82) is 0 Å². The van der Waals surface area contributed by atoms with Gasteiger partial charge < -0.3 is 15.2 Å². The first-order valence-electron chi connectivity index (χ1n) is 5.68. The summed E-state index contributed by atoms with van der Waals surface area (Å²) in [6.45, 7) is 0. The number of amides is 1. The number of methoxy groups -OCH3 is 1. The molecule has 1 rings (SSSR count). The first-order chi connectivity index (χ1) is 10.1. The number of ether oxygens (including phenoxy) is 1. The van der Waals surface area contributed by atoms with Gasteiger partial charge in [0.05, 0.1) is 14.3 Å². The molecule has 0 heterocycles. The number of phenols is 1. The predicted molar refractivity (Wildman–Crippen MR) is 87.2 cm³/mol. The van der Waals surface area contributed by atoms with Crippen LogP contribution in [-0.2, 0) is 20.7 Å². The van der Waals surface area contributed by atoms with Gasteiger partial charge in [0.25, 0.3) is 0 Å². The number of halogens is 5. The van der Waals surface area contributed by atoms with Crippen LogP contribution in [0.2, 0.25) is 0 Å². The number of rotatable bonds is 4. The molecule has 1 amide bonds. The maximum absolute atomic E-state index is 12.3. The molecule has 122 valence electrons. The molecule has 0 spiro atoms. The summed E-state index contributed by atoms with van der Waals surface area (Å²) in [6, 6.07) is 1.54. The van der Waals surface area contributed by atoms with Crippen LogP contribution in [0.5, 0.6) is 5.75 Å². The number of esters is 1. The maximum atomic E-state index is 12.3. The summed E-state index contributed by atoms with van der Waals surface area (Å²) in [4.78, 5) is 22.5. The van der Waals surface area contributed by atoms with Crippen LogP contribution in [0.1, 0.15) is 5.56 Å². The van der Waals surface area contributed by atoms with E-state index in [1.165, 1.54) is 12.1 Å². The van der Waals surface area contributed by atoms with Crippen LogP contribution in [0.15, 0.2) is 12.1 Å². The maximum Gasteiger partial charge on any atom is 0.471 e. The Morgan fingerprint density at radius 2 is 1.82 bits per heavy atom. The van der Waals surface area contributed by atoms with Crippen molar-refractivity contribution in [3.8, 4) is 5.75 Å². The Bertz CT molecular complexity index is 569. The van der Waals surface area contributed by atoms with Crippen LogP contribution < -0.4 is 5.32 Å². The van der Waals surface area contributed by atoms with E-state index < -0.39 is 24.1 Å². The highest BCUT2D eigenvalue weighted by molar-refractivity contribution is 14.1. The molecule has 22 heavy (non-hydrogen) atoms. The summed E-state index contributed by atoms with van der Waals surface area (Å²) < 4.78 is 42.3. The second-order valence-electron chi connectivity index (χ2n) is 4.16. The van der Waals surface area contributed by atoms with E-state index in [1.807, 2.05) is 45.2 Å². The van der Waals surface area contributed by atoms with Gasteiger partial charge in [0.1, 0.15) is 11.8 Å². The molecule has 10 heteroatoms. The number of alkyl halides is 3. The summed E-state index contributed by atoms with van der Waals surface area (Å²) in [5.74, 6) is -3.17. The number of nitrogens with one attached hydrogen (secondary N) is 1. The van der Waals surface area contributed by atoms with E-state index in [-0.39, 0.29) is 12.2 Å². The first kappa shape index (κ1) is 19.3. The second kappa shape index (κ2) is 7.66. The lowest BCUT2D eigenvalue weighted by Gasteiger charge is -2.18. The van der Waals surface area contributed by atoms with Crippen LogP contribution in [0.4, 0.5) is 13.2 Å². The lowest BCUT2D eigenvalue weighted by Crippen LogP contribution is -2.48. The third kappa shape index (κ3) is 5.14. The van der Waals surface area contributed by atoms with E-state index in [0.717, 1.165) is 7.11 Å². The smallest absolute Gasteiger partial charge is 0.471 e. The molecule has 1 unspecified atom stereocenters. The summed E-state index contributed by atoms with van der Waals surface area (Å²) >= 11 is 3.70. The fourth-order valence-electron chi connectivity index (χ4n) is 1.55. The minimum atomic E-state index is -5.09. The van der Waals surface area contributed by atoms with Crippen molar-refractivity contribution in [3.63, 3.8) is 0 Å². The van der Waals surface area contributed by atoms with Crippen molar-refractivity contribution in [3.05, 3.63) is 24.8 Å². The number of carbonyl (C=O) groups excluding carboxylic acids is 2. The number of carbonyl (C=O) groups is 2. The molecule has 2 N–H and O–H groups in total. The summed E-state index contributed by atoms with van der Waals surface area (Å²) in [6.07, 6.45) is -5.29. The van der Waals surface area contributed by atoms with Crippen LogP contribution in [0.3, 0.4) is 0 Å². The number of hydrogen-bond donors (Lipinski definition) is 2. The Morgan fingerprint density at radius 1 is 1.32 bits per heavy atom. The van der Waals surface area contributed by atoms with Crippen LogP contribution in [0, 0.1) is 7.14 Å². The molecule has 1 aromatic carbocycles. The fourth-order valence-corrected chi connectivity index (χ4v) is 3.44. The highest BCUT2D eigenvalue weighted by Crippen LogP contribution is 2.28. The Hall–Kier alpha value is -0.790. The predicted octanol–water partition coefficient (Wildman–Crippen LogP) is 2.36. The van der Waals surface area contributed by atoms with Gasteiger partial charge in [-0.05, 0) is 62.9 Å². The molecule has 0 aliphatic carbocycles. The van der Waals surface area contributed by atoms with Crippen molar-refractivity contribution in [1.82, 2.24) is 5.32 Å². The quantitative estimate of drug-likeness (QED) is 0.452. The molecule has 5 nitrogen and oxygen atoms in total. The van der Waals surface area contributed by atoms with Crippen molar-refractivity contribution in [2.45, 2.75) is 18.6 Å². The zero-order valence-electron chi connectivity index (χ0n) is 11.0. The standard InChI is InChI=1S/C12H10F3I2NO4/c1-22-10(20)8(18-11(21)12(13,14)15)4-5-2-6(16)9(19)7(17)3-5/h2-3,8,19H,4H2,1H3,(H,18,21). The molecule has 0 saturated carbocycles. The molecular weight excluding hydrogens is 533 g/mol. The summed E-state index contributed by atoms with van der Waals surface area (Å²) in [7, 11) is 1.01. The minimum Gasteiger partial charge on any atom is -0.506 e. The van der Waals surface area contributed by atoms with E-state index in [4.69, 9.17) is 0 Å². The Balaban J connectivity index is 3.00. The average Bonchev–Trinajstić information content (AvgIpc) is 2.41. The Morgan fingerprint density at radius 3 is 2.23 bits per heavy atom. The van der Waals surface area contributed by atoms with E-state index in [9.17, 15) is 27.9 Å². The van der Waals surface area contributed by atoms with E-state index in [1.54, 1.807) is 5.32 Å². The van der Waals surface area contributed by atoms with Crippen LogP contribution in [0.25, 0.3) is 0 Å². The van der Waals surface area contributed by atoms with Gasteiger partial charge in [-0.15, -0.1) is 0 Å². The number of hydrogen-bond acceptors (Lipinski definition) is 4. The molecule has 0 radical (unpaired) electrons. The van der Waals surface area contributed by atoms with E-state index in [0.29, 0.717) is 12.7 Å². The van der Waals surface area contributed by atoms with Crippen molar-refractivity contribution in [2.75, 3.05) is 7.11 Å². The Labute approximate surface area is 150 Å². The monoisotopic (exact) mass is 543 g/mol. The lowest BCUT2D eigenvalue weighted by molar-refractivity contribution is -0.175. The third-order valence-corrected chi connectivity index (χ3v) is 4.21. The SMILES string of the molecule is COC(=O)C(Cc1cc(I)c(O)c(I)c1)NC(=O)C(F)(F)F. The highest BCUT2D eigenvalue weighted by atomic mass is 127. The molecule has 1 atom stereocenters. The van der Waals surface area contributed by atoms with Gasteiger partial charge in [0.15, 0.2) is 0 Å². The normalized spacial score (nSPS) is 12.6. The first-order valence-corrected chi connectivity index (χ1v) is 7.84. The van der Waals surface area contributed by atoms with Gasteiger partial charge in [-0.1, -0.05) is 0 Å². The minimum absolute atomic E-state index is 0.0406. The van der Waals surface area contributed by atoms with Gasteiger partial charge >= 0.3 is 18.1 Å². The van der Waals surface area contributed by atoms with Gasteiger partial charge in [-0.2, -0.15) is 13.2 Å². The molecule has 0 saturated heterocycles. The molecule has 0 fully saturated rings. The molecule has 1 aromatic rings. The topological polar surface area (TPSA) is 75.6 Å². The van der Waals surface area contributed by atoms with Gasteiger partial charge in [0.2, 0.25) is 0 Å². The second-order valence-corrected chi connectivity index (χ2v) is 6.48. The van der Waals surface area contributed by atoms with Crippen LogP contribution in [-0.4, -0.2) is 36.3 Å². The highest BCUT2D eigenvalue weighted by Gasteiger charge is 2.41. The zero-order valence-corrected chi connectivity index (χ0v) is 15.3. The van der Waals surface area contributed by atoms with Gasteiger partial charge in [-0.25, -0.2) is 4.79 Å². The molecule has 0 aliphatic heterocycles. The number of phenolic OH excluding ortho intramolecular Hbond substituents is 1. The van der Waals surface area contributed by atoms with Crippen molar-refractivity contribution < 1.29 is 32.6 Å². The molecular formula is C12H10F3I2NO4. The summed E-state index contributed by atoms with van der Waals surface area (Å²) in [5, 5.41) is 11.3. The zero-order chi connectivity index (χ0) is 17.1. The lowest BCUT2D eigenvalue weighted by atomic mass is 10.1. The Kier molecular flexibility index (Phi) is 6.70. The van der Waals surface area contributed by atoms with Gasteiger partial charge in [-0.3, -0.25) is 4.79 Å². The summed E-state index contributed by atoms with van der Waals surface area (Å²) in [5.41, 5.74) is 0.476. The number of aromatic hydroxyl groups is 1. The molecule has 0 bridgehead atoms. The van der Waals surface area contributed by atoms with E-state index in [2.05, 4.69) is 4.74 Å². The van der Waals surface area contributed by atoms with Crippen molar-refractivity contribution in [2.24, 2.45) is 0 Å².